The van der Waals surface area contributed by atoms with Gasteiger partial charge in [-0.2, -0.15) is 0 Å². The molecule has 1 rings (SSSR count). The minimum absolute atomic E-state index is 0.203. The Hall–Kier alpha value is -1.01. The molecule has 1 aliphatic heterocycles. The van der Waals surface area contributed by atoms with Crippen molar-refractivity contribution in [2.75, 3.05) is 26.2 Å². The fourth-order valence-electron chi connectivity index (χ4n) is 1.43. The molecule has 0 unspecified atom stereocenters. The highest BCUT2D eigenvalue weighted by molar-refractivity contribution is 5.78. The molecule has 0 bridgehead atoms. The summed E-state index contributed by atoms with van der Waals surface area (Å²) in [6.45, 7) is 3.02. The van der Waals surface area contributed by atoms with Crippen LogP contribution in [0.4, 0.5) is 0 Å². The van der Waals surface area contributed by atoms with E-state index in [-0.39, 0.29) is 5.91 Å². The molecule has 3 nitrogen and oxygen atoms in total. The summed E-state index contributed by atoms with van der Waals surface area (Å²) >= 11 is 0. The first kappa shape index (κ1) is 10.1. The Bertz CT molecular complexity index is 201. The zero-order valence-corrected chi connectivity index (χ0v) is 7.88. The van der Waals surface area contributed by atoms with Crippen LogP contribution in [0.25, 0.3) is 0 Å². The Kier molecular flexibility index (Phi) is 4.34. The highest BCUT2D eigenvalue weighted by Crippen LogP contribution is 2.06. The normalized spacial score (nSPS) is 15.8. The Morgan fingerprint density at radius 3 is 2.77 bits per heavy atom. The van der Waals surface area contributed by atoms with E-state index >= 15 is 0 Å². The van der Waals surface area contributed by atoms with Gasteiger partial charge in [0, 0.05) is 26.1 Å². The number of nitrogens with zero attached hydrogens (tertiary/aromatic N) is 1. The minimum Gasteiger partial charge on any atom is -0.342 e. The third-order valence-corrected chi connectivity index (χ3v) is 2.18. The molecule has 0 spiro atoms. The van der Waals surface area contributed by atoms with Crippen LogP contribution in [0, 0.1) is 12.3 Å². The molecule has 1 N–H and O–H groups in total. The van der Waals surface area contributed by atoms with Crippen molar-refractivity contribution in [1.29, 1.82) is 0 Å². The number of nitrogens with one attached hydrogen (secondary N) is 1. The molecule has 0 aromatic carbocycles. The standard InChI is InChI=1S/C10H16N2O/c1-2-3-6-11-9-10(13)12-7-4-5-8-12/h1,11H,3-9H2. The SMILES string of the molecule is C#CCCNCC(=O)N1CCCC1. The molecule has 0 aromatic rings. The summed E-state index contributed by atoms with van der Waals surface area (Å²) in [5, 5.41) is 3.03. The van der Waals surface area contributed by atoms with Gasteiger partial charge in [0.25, 0.3) is 0 Å². The van der Waals surface area contributed by atoms with Gasteiger partial charge in [0.1, 0.15) is 0 Å². The molecule has 0 saturated carbocycles. The summed E-state index contributed by atoms with van der Waals surface area (Å²) in [5.74, 6) is 2.73. The first-order valence-electron chi connectivity index (χ1n) is 4.76. The fourth-order valence-corrected chi connectivity index (χ4v) is 1.43. The van der Waals surface area contributed by atoms with Crippen LogP contribution < -0.4 is 5.32 Å². The number of hydrogen-bond acceptors (Lipinski definition) is 2. The highest BCUT2D eigenvalue weighted by Gasteiger charge is 2.16. The van der Waals surface area contributed by atoms with Gasteiger partial charge < -0.3 is 10.2 Å². The summed E-state index contributed by atoms with van der Waals surface area (Å²) in [6, 6.07) is 0. The molecular weight excluding hydrogens is 164 g/mol. The quantitative estimate of drug-likeness (QED) is 0.496. The number of likely N-dealkylation sites (tertiary alicyclic amines) is 1. The van der Waals surface area contributed by atoms with E-state index in [2.05, 4.69) is 11.2 Å². The van der Waals surface area contributed by atoms with Crippen molar-refractivity contribution in [3.05, 3.63) is 0 Å². The van der Waals surface area contributed by atoms with Crippen molar-refractivity contribution in [3.63, 3.8) is 0 Å². The lowest BCUT2D eigenvalue weighted by atomic mass is 10.4. The number of terminal acetylenes is 1. The van der Waals surface area contributed by atoms with E-state index in [0.717, 1.165) is 32.5 Å². The Morgan fingerprint density at radius 1 is 1.46 bits per heavy atom. The monoisotopic (exact) mass is 180 g/mol. The molecule has 3 heteroatoms. The highest BCUT2D eigenvalue weighted by atomic mass is 16.2. The van der Waals surface area contributed by atoms with Crippen LogP contribution in [0.15, 0.2) is 0 Å². The summed E-state index contributed by atoms with van der Waals surface area (Å²) in [7, 11) is 0. The Labute approximate surface area is 79.5 Å². The predicted octanol–water partition coefficient (Wildman–Crippen LogP) is 0.222. The van der Waals surface area contributed by atoms with Crippen LogP contribution in [0.5, 0.6) is 0 Å². The number of carbonyl (C=O) groups excluding carboxylic acids is 1. The van der Waals surface area contributed by atoms with Crippen molar-refractivity contribution in [2.45, 2.75) is 19.3 Å². The van der Waals surface area contributed by atoms with Gasteiger partial charge in [0.15, 0.2) is 0 Å². The van der Waals surface area contributed by atoms with Crippen LogP contribution in [-0.2, 0) is 4.79 Å². The molecule has 1 aliphatic rings. The van der Waals surface area contributed by atoms with Gasteiger partial charge in [0.05, 0.1) is 6.54 Å². The second kappa shape index (κ2) is 5.60. The van der Waals surface area contributed by atoms with Crippen LogP contribution in [0.1, 0.15) is 19.3 Å². The average molecular weight is 180 g/mol. The van der Waals surface area contributed by atoms with Crippen molar-refractivity contribution >= 4 is 5.91 Å². The maximum absolute atomic E-state index is 11.4. The average Bonchev–Trinajstić information content (AvgIpc) is 2.65. The van der Waals surface area contributed by atoms with E-state index in [1.54, 1.807) is 0 Å². The molecule has 0 atom stereocenters. The summed E-state index contributed by atoms with van der Waals surface area (Å²) in [6.07, 6.45) is 8.07. The minimum atomic E-state index is 0.203. The van der Waals surface area contributed by atoms with Gasteiger partial charge in [-0.3, -0.25) is 4.79 Å². The van der Waals surface area contributed by atoms with E-state index in [1.807, 2.05) is 4.90 Å². The largest absolute Gasteiger partial charge is 0.342 e. The Morgan fingerprint density at radius 2 is 2.15 bits per heavy atom. The Balaban J connectivity index is 2.07. The molecule has 1 heterocycles. The molecule has 72 valence electrons. The van der Waals surface area contributed by atoms with Crippen LogP contribution in [0.3, 0.4) is 0 Å². The van der Waals surface area contributed by atoms with Gasteiger partial charge in [0.2, 0.25) is 5.91 Å². The summed E-state index contributed by atoms with van der Waals surface area (Å²) in [4.78, 5) is 13.3. The van der Waals surface area contributed by atoms with Crippen LogP contribution >= 0.6 is 0 Å². The third-order valence-electron chi connectivity index (χ3n) is 2.18. The van der Waals surface area contributed by atoms with E-state index in [4.69, 9.17) is 6.42 Å². The van der Waals surface area contributed by atoms with Crippen molar-refractivity contribution < 1.29 is 4.79 Å². The smallest absolute Gasteiger partial charge is 0.236 e. The molecule has 13 heavy (non-hydrogen) atoms. The lowest BCUT2D eigenvalue weighted by molar-refractivity contribution is -0.129. The van der Waals surface area contributed by atoms with Crippen molar-refractivity contribution in [2.24, 2.45) is 0 Å². The first-order chi connectivity index (χ1) is 6.34. The lowest BCUT2D eigenvalue weighted by Crippen LogP contribution is -2.36. The topological polar surface area (TPSA) is 32.3 Å². The first-order valence-corrected chi connectivity index (χ1v) is 4.76. The van der Waals surface area contributed by atoms with E-state index in [1.165, 1.54) is 0 Å². The number of rotatable bonds is 4. The molecule has 1 amide bonds. The molecule has 1 saturated heterocycles. The molecule has 0 radical (unpaired) electrons. The van der Waals surface area contributed by atoms with Gasteiger partial charge in [-0.1, -0.05) is 0 Å². The zero-order valence-electron chi connectivity index (χ0n) is 7.88. The molecule has 0 aromatic heterocycles. The van der Waals surface area contributed by atoms with Crippen LogP contribution in [-0.4, -0.2) is 37.0 Å². The maximum atomic E-state index is 11.4. The maximum Gasteiger partial charge on any atom is 0.236 e. The van der Waals surface area contributed by atoms with Gasteiger partial charge in [-0.25, -0.2) is 0 Å². The second-order valence-electron chi connectivity index (χ2n) is 3.22. The van der Waals surface area contributed by atoms with Gasteiger partial charge in [-0.05, 0) is 12.8 Å². The van der Waals surface area contributed by atoms with Crippen LogP contribution in [0.2, 0.25) is 0 Å². The van der Waals surface area contributed by atoms with Crippen molar-refractivity contribution in [3.8, 4) is 12.3 Å². The number of hydrogen-bond donors (Lipinski definition) is 1. The third kappa shape index (κ3) is 3.47. The summed E-state index contributed by atoms with van der Waals surface area (Å²) in [5.41, 5.74) is 0. The van der Waals surface area contributed by atoms with E-state index < -0.39 is 0 Å². The zero-order chi connectivity index (χ0) is 9.52. The number of amides is 1. The van der Waals surface area contributed by atoms with Gasteiger partial charge in [-0.15, -0.1) is 12.3 Å². The van der Waals surface area contributed by atoms with Gasteiger partial charge >= 0.3 is 0 Å². The molecule has 0 aliphatic carbocycles. The molecule has 1 fully saturated rings. The summed E-state index contributed by atoms with van der Waals surface area (Å²) < 4.78 is 0. The number of carbonyl (C=O) groups is 1. The fraction of sp³-hybridized carbons (Fsp3) is 0.700. The van der Waals surface area contributed by atoms with Crippen molar-refractivity contribution in [1.82, 2.24) is 10.2 Å². The lowest BCUT2D eigenvalue weighted by Gasteiger charge is -2.14. The predicted molar refractivity (Wildman–Crippen MR) is 52.1 cm³/mol. The molecular formula is C10H16N2O. The van der Waals surface area contributed by atoms with E-state index in [0.29, 0.717) is 13.0 Å². The second-order valence-corrected chi connectivity index (χ2v) is 3.22. The van der Waals surface area contributed by atoms with E-state index in [9.17, 15) is 4.79 Å².